The van der Waals surface area contributed by atoms with Crippen LogP contribution in [0.2, 0.25) is 5.02 Å². The van der Waals surface area contributed by atoms with Crippen molar-refractivity contribution in [1.82, 2.24) is 14.7 Å². The van der Waals surface area contributed by atoms with E-state index in [0.29, 0.717) is 33.0 Å². The van der Waals surface area contributed by atoms with Gasteiger partial charge in [-0.3, -0.25) is 4.79 Å². The van der Waals surface area contributed by atoms with Gasteiger partial charge >= 0.3 is 6.09 Å². The molecule has 220 valence electrons. The van der Waals surface area contributed by atoms with Crippen LogP contribution in [0.4, 0.5) is 9.18 Å². The number of sulfone groups is 1. The van der Waals surface area contributed by atoms with Crippen LogP contribution in [0.5, 0.6) is 0 Å². The highest BCUT2D eigenvalue weighted by atomic mass is 35.5. The number of halogens is 2. The van der Waals surface area contributed by atoms with E-state index in [9.17, 15) is 22.4 Å². The van der Waals surface area contributed by atoms with Crippen LogP contribution in [0.15, 0.2) is 66.7 Å². The average molecular weight is 612 g/mol. The van der Waals surface area contributed by atoms with Crippen molar-refractivity contribution in [1.29, 1.82) is 0 Å². The Morgan fingerprint density at radius 2 is 1.79 bits per heavy atom. The number of hydrogen-bond donors (Lipinski definition) is 0. The summed E-state index contributed by atoms with van der Waals surface area (Å²) in [5, 5.41) is 6.03. The molecular formula is C31H31ClFN3O5S. The molecule has 0 bridgehead atoms. The summed E-state index contributed by atoms with van der Waals surface area (Å²) in [5.41, 5.74) is 2.12. The molecule has 8 nitrogen and oxygen atoms in total. The molecule has 1 unspecified atom stereocenters. The maximum absolute atomic E-state index is 13.7. The summed E-state index contributed by atoms with van der Waals surface area (Å²) in [7, 11) is -3.48. The molecule has 4 aromatic rings. The van der Waals surface area contributed by atoms with Crippen molar-refractivity contribution < 1.29 is 27.1 Å². The smallest absolute Gasteiger partial charge is 0.410 e. The van der Waals surface area contributed by atoms with Gasteiger partial charge in [-0.15, -0.1) is 0 Å². The van der Waals surface area contributed by atoms with Crippen LogP contribution < -0.4 is 0 Å². The van der Waals surface area contributed by atoms with Gasteiger partial charge in [-0.05, 0) is 69.2 Å². The molecule has 3 aromatic carbocycles. The Balaban J connectivity index is 1.49. The Labute approximate surface area is 248 Å². The highest BCUT2D eigenvalue weighted by Crippen LogP contribution is 2.35. The minimum absolute atomic E-state index is 0.00950. The molecule has 42 heavy (non-hydrogen) atoms. The summed E-state index contributed by atoms with van der Waals surface area (Å²) < 4.78 is 46.2. The molecule has 2 heterocycles. The first-order valence-corrected chi connectivity index (χ1v) is 15.7. The zero-order chi connectivity index (χ0) is 30.2. The SMILES string of the molecule is CC(C)(C)OC(=O)N1CCS(=O)(=O)CC(CC(=O)c2ccc3c(-c4ccccc4Cl)nn(-c4ccc(F)cc4)c3c2)C1. The van der Waals surface area contributed by atoms with E-state index in [1.54, 1.807) is 61.9 Å². The number of ether oxygens (including phenoxy) is 1. The fraction of sp³-hybridized carbons (Fsp3) is 0.323. The molecule has 5 rings (SSSR count). The Hall–Kier alpha value is -3.76. The standard InChI is InChI=1S/C31H31ClFN3O5S/c1-31(2,3)41-30(38)35-14-15-42(39,40)19-20(18-35)16-28(37)21-8-13-25-27(17-21)36(23-11-9-22(33)10-12-23)34-29(25)24-6-4-5-7-26(24)32/h4-13,17,20H,14-16,18-19H2,1-3H3. The zero-order valence-corrected chi connectivity index (χ0v) is 25.1. The highest BCUT2D eigenvalue weighted by Gasteiger charge is 2.33. The maximum Gasteiger partial charge on any atom is 0.410 e. The van der Waals surface area contributed by atoms with Crippen LogP contribution in [0.3, 0.4) is 0 Å². The monoisotopic (exact) mass is 611 g/mol. The van der Waals surface area contributed by atoms with Gasteiger partial charge in [-0.2, -0.15) is 5.10 Å². The van der Waals surface area contributed by atoms with E-state index >= 15 is 0 Å². The molecule has 0 aliphatic carbocycles. The number of hydrogen-bond acceptors (Lipinski definition) is 6. The molecule has 1 amide bonds. The number of carbonyl (C=O) groups excluding carboxylic acids is 2. The third kappa shape index (κ3) is 6.65. The number of amides is 1. The molecule has 1 fully saturated rings. The average Bonchev–Trinajstić information content (AvgIpc) is 3.20. The van der Waals surface area contributed by atoms with Crippen molar-refractivity contribution in [3.05, 3.63) is 83.1 Å². The number of nitrogens with zero attached hydrogens (tertiary/aromatic N) is 3. The lowest BCUT2D eigenvalue weighted by atomic mass is 9.97. The van der Waals surface area contributed by atoms with Gasteiger partial charge in [0, 0.05) is 36.0 Å². The molecule has 0 spiro atoms. The number of aromatic nitrogens is 2. The number of benzene rings is 3. The van der Waals surface area contributed by atoms with Gasteiger partial charge in [0.25, 0.3) is 0 Å². The summed E-state index contributed by atoms with van der Waals surface area (Å²) in [5.74, 6) is -1.66. The van der Waals surface area contributed by atoms with Crippen molar-refractivity contribution >= 4 is 44.2 Å². The van der Waals surface area contributed by atoms with Gasteiger partial charge in [0.15, 0.2) is 15.6 Å². The van der Waals surface area contributed by atoms with Crippen molar-refractivity contribution in [2.75, 3.05) is 24.6 Å². The molecule has 1 aromatic heterocycles. The largest absolute Gasteiger partial charge is 0.444 e. The Morgan fingerprint density at radius 1 is 1.07 bits per heavy atom. The summed E-state index contributed by atoms with van der Waals surface area (Å²) in [6, 6.07) is 18.3. The summed E-state index contributed by atoms with van der Waals surface area (Å²) in [6.07, 6.45) is -0.680. The minimum atomic E-state index is -3.48. The predicted octanol–water partition coefficient (Wildman–Crippen LogP) is 6.34. The predicted molar refractivity (Wildman–Crippen MR) is 160 cm³/mol. The molecule has 0 N–H and O–H groups in total. The number of rotatable bonds is 5. The number of fused-ring (bicyclic) bond motifs is 1. The molecular weight excluding hydrogens is 581 g/mol. The van der Waals surface area contributed by atoms with Gasteiger partial charge in [-0.25, -0.2) is 22.3 Å². The Kier molecular flexibility index (Phi) is 8.13. The molecule has 0 radical (unpaired) electrons. The minimum Gasteiger partial charge on any atom is -0.444 e. The second-order valence-electron chi connectivity index (χ2n) is 11.5. The lowest BCUT2D eigenvalue weighted by Gasteiger charge is -2.27. The van der Waals surface area contributed by atoms with Gasteiger partial charge in [-0.1, -0.05) is 35.9 Å². The van der Waals surface area contributed by atoms with Crippen LogP contribution >= 0.6 is 11.6 Å². The van der Waals surface area contributed by atoms with Crippen LogP contribution in [0.25, 0.3) is 27.8 Å². The van der Waals surface area contributed by atoms with Crippen LogP contribution in [0, 0.1) is 11.7 Å². The fourth-order valence-electron chi connectivity index (χ4n) is 5.06. The topological polar surface area (TPSA) is 98.6 Å². The molecule has 0 saturated carbocycles. The summed E-state index contributed by atoms with van der Waals surface area (Å²) in [6.45, 7) is 5.32. The third-order valence-corrected chi connectivity index (χ3v) is 9.08. The summed E-state index contributed by atoms with van der Waals surface area (Å²) >= 11 is 6.49. The molecule has 1 atom stereocenters. The molecule has 1 aliphatic heterocycles. The van der Waals surface area contributed by atoms with Gasteiger partial charge in [0.1, 0.15) is 17.1 Å². The third-order valence-electron chi connectivity index (χ3n) is 6.97. The van der Waals surface area contributed by atoms with Crippen LogP contribution in [-0.4, -0.2) is 65.2 Å². The van der Waals surface area contributed by atoms with Gasteiger partial charge < -0.3 is 9.64 Å². The summed E-state index contributed by atoms with van der Waals surface area (Å²) in [4.78, 5) is 27.7. The first-order chi connectivity index (χ1) is 19.8. The van der Waals surface area contributed by atoms with E-state index in [1.807, 2.05) is 18.2 Å². The van der Waals surface area contributed by atoms with E-state index in [1.165, 1.54) is 17.0 Å². The Bertz CT molecular complexity index is 1760. The van der Waals surface area contributed by atoms with E-state index in [-0.39, 0.29) is 36.8 Å². The van der Waals surface area contributed by atoms with Gasteiger partial charge in [0.2, 0.25) is 0 Å². The normalized spacial score (nSPS) is 17.2. The van der Waals surface area contributed by atoms with Crippen molar-refractivity contribution in [3.63, 3.8) is 0 Å². The lowest BCUT2D eigenvalue weighted by molar-refractivity contribution is 0.0239. The maximum atomic E-state index is 13.7. The van der Waals surface area contributed by atoms with Gasteiger partial charge in [0.05, 0.1) is 27.7 Å². The van der Waals surface area contributed by atoms with Crippen molar-refractivity contribution in [2.24, 2.45) is 5.92 Å². The highest BCUT2D eigenvalue weighted by molar-refractivity contribution is 7.91. The molecule has 11 heteroatoms. The van der Waals surface area contributed by atoms with E-state index in [4.69, 9.17) is 21.4 Å². The Morgan fingerprint density at radius 3 is 2.48 bits per heavy atom. The second-order valence-corrected chi connectivity index (χ2v) is 14.1. The quantitative estimate of drug-likeness (QED) is 0.244. The number of Topliss-reactive ketones (excluding diaryl/α,β-unsaturated/α-hetero) is 1. The fourth-order valence-corrected chi connectivity index (χ4v) is 6.89. The first kappa shape index (κ1) is 29.7. The molecule has 1 saturated heterocycles. The van der Waals surface area contributed by atoms with E-state index < -0.39 is 33.3 Å². The van der Waals surface area contributed by atoms with Crippen LogP contribution in [-0.2, 0) is 14.6 Å². The second kappa shape index (κ2) is 11.5. The van der Waals surface area contributed by atoms with E-state index in [2.05, 4.69) is 0 Å². The lowest BCUT2D eigenvalue weighted by Crippen LogP contribution is -2.40. The number of ketones is 1. The first-order valence-electron chi connectivity index (χ1n) is 13.5. The van der Waals surface area contributed by atoms with E-state index in [0.717, 1.165) is 5.39 Å². The van der Waals surface area contributed by atoms with Crippen molar-refractivity contribution in [3.8, 4) is 16.9 Å². The zero-order valence-electron chi connectivity index (χ0n) is 23.5. The molecule has 1 aliphatic rings. The number of carbonyl (C=O) groups is 2. The van der Waals surface area contributed by atoms with Crippen molar-refractivity contribution in [2.45, 2.75) is 32.8 Å². The van der Waals surface area contributed by atoms with Crippen LogP contribution in [0.1, 0.15) is 37.6 Å².